The standard InChI is InChI=1S/C19H19F3N4O3/c1-12(27)24-9-15-10-26(18(28)29-15)14-2-3-17(16(20)8-14)25-7-5-13(4-6-23)19(21,22)11-25/h2-4,8,15H,5,7,9-11H2,1H3,(H,24,27)/b13-4+/t15-/m0/s1. The van der Waals surface area contributed by atoms with Gasteiger partial charge in [0.05, 0.1) is 37.1 Å². The van der Waals surface area contributed by atoms with E-state index in [-0.39, 0.29) is 48.9 Å². The van der Waals surface area contributed by atoms with E-state index >= 15 is 0 Å². The van der Waals surface area contributed by atoms with Crippen LogP contribution >= 0.6 is 0 Å². The van der Waals surface area contributed by atoms with Crippen molar-refractivity contribution in [1.82, 2.24) is 5.32 Å². The fourth-order valence-electron chi connectivity index (χ4n) is 3.34. The van der Waals surface area contributed by atoms with Crippen LogP contribution in [0.4, 0.5) is 29.3 Å². The molecule has 0 bridgehead atoms. The molecular formula is C19H19F3N4O3. The van der Waals surface area contributed by atoms with E-state index in [4.69, 9.17) is 10.00 Å². The van der Waals surface area contributed by atoms with E-state index in [1.54, 1.807) is 6.07 Å². The third-order valence-electron chi connectivity index (χ3n) is 4.79. The highest BCUT2D eigenvalue weighted by atomic mass is 19.3. The molecule has 7 nitrogen and oxygen atoms in total. The summed E-state index contributed by atoms with van der Waals surface area (Å²) in [6.07, 6.45) is -0.457. The van der Waals surface area contributed by atoms with Gasteiger partial charge in [-0.2, -0.15) is 14.0 Å². The maximum absolute atomic E-state index is 14.7. The minimum Gasteiger partial charge on any atom is -0.442 e. The van der Waals surface area contributed by atoms with Crippen LogP contribution in [0, 0.1) is 17.1 Å². The normalized spacial score (nSPS) is 22.4. The zero-order valence-corrected chi connectivity index (χ0v) is 15.6. The van der Waals surface area contributed by atoms with E-state index in [0.717, 1.165) is 12.1 Å². The molecule has 0 saturated carbocycles. The molecule has 1 aromatic carbocycles. The summed E-state index contributed by atoms with van der Waals surface area (Å²) in [5, 5.41) is 11.2. The van der Waals surface area contributed by atoms with Crippen LogP contribution in [0.25, 0.3) is 0 Å². The number of allylic oxidation sites excluding steroid dienone is 1. The number of nitriles is 1. The van der Waals surface area contributed by atoms with Crippen molar-refractivity contribution in [2.75, 3.05) is 36.0 Å². The number of hydrogen-bond donors (Lipinski definition) is 1. The molecule has 1 aromatic rings. The molecule has 0 aliphatic carbocycles. The summed E-state index contributed by atoms with van der Waals surface area (Å²) in [5.74, 6) is -4.24. The van der Waals surface area contributed by atoms with Crippen molar-refractivity contribution in [1.29, 1.82) is 5.26 Å². The summed E-state index contributed by atoms with van der Waals surface area (Å²) in [4.78, 5) is 25.5. The van der Waals surface area contributed by atoms with Gasteiger partial charge >= 0.3 is 6.09 Å². The number of nitrogens with one attached hydrogen (secondary N) is 1. The highest BCUT2D eigenvalue weighted by Gasteiger charge is 2.41. The molecule has 0 unspecified atom stereocenters. The van der Waals surface area contributed by atoms with Gasteiger partial charge in [0.15, 0.2) is 0 Å². The van der Waals surface area contributed by atoms with Crippen LogP contribution in [-0.4, -0.2) is 50.2 Å². The zero-order valence-electron chi connectivity index (χ0n) is 15.6. The van der Waals surface area contributed by atoms with E-state index in [1.165, 1.54) is 28.9 Å². The third-order valence-corrected chi connectivity index (χ3v) is 4.79. The van der Waals surface area contributed by atoms with Crippen LogP contribution in [0.1, 0.15) is 13.3 Å². The Morgan fingerprint density at radius 1 is 1.48 bits per heavy atom. The number of amides is 2. The lowest BCUT2D eigenvalue weighted by molar-refractivity contribution is -0.119. The summed E-state index contributed by atoms with van der Waals surface area (Å²) in [6, 6.07) is 5.51. The van der Waals surface area contributed by atoms with Crippen molar-refractivity contribution in [3.8, 4) is 6.07 Å². The molecule has 3 rings (SSSR count). The van der Waals surface area contributed by atoms with E-state index in [1.807, 2.05) is 0 Å². The lowest BCUT2D eigenvalue weighted by Crippen LogP contribution is -2.44. The molecule has 10 heteroatoms. The van der Waals surface area contributed by atoms with Crippen LogP contribution in [0.3, 0.4) is 0 Å². The lowest BCUT2D eigenvalue weighted by atomic mass is 9.99. The van der Waals surface area contributed by atoms with Crippen molar-refractivity contribution in [3.05, 3.63) is 35.7 Å². The molecule has 2 aliphatic rings. The lowest BCUT2D eigenvalue weighted by Gasteiger charge is -2.36. The van der Waals surface area contributed by atoms with Crippen LogP contribution < -0.4 is 15.1 Å². The Kier molecular flexibility index (Phi) is 5.68. The van der Waals surface area contributed by atoms with Gasteiger partial charge in [-0.25, -0.2) is 9.18 Å². The van der Waals surface area contributed by atoms with Crippen LogP contribution in [-0.2, 0) is 9.53 Å². The SMILES string of the molecule is CC(=O)NC[C@H]1CN(c2ccc(N3CC/C(=C\C#N)C(F)(F)C3)c(F)c2)C(=O)O1. The second kappa shape index (κ2) is 8.03. The first-order chi connectivity index (χ1) is 13.7. The second-order valence-corrected chi connectivity index (χ2v) is 6.86. The van der Waals surface area contributed by atoms with Crippen molar-refractivity contribution >= 4 is 23.4 Å². The Hall–Kier alpha value is -3.22. The van der Waals surface area contributed by atoms with E-state index in [2.05, 4.69) is 5.32 Å². The van der Waals surface area contributed by atoms with Crippen molar-refractivity contribution in [2.45, 2.75) is 25.4 Å². The molecule has 29 heavy (non-hydrogen) atoms. The number of nitrogens with zero attached hydrogens (tertiary/aromatic N) is 3. The second-order valence-electron chi connectivity index (χ2n) is 6.86. The Bertz CT molecular complexity index is 897. The van der Waals surface area contributed by atoms with Crippen LogP contribution in [0.5, 0.6) is 0 Å². The highest BCUT2D eigenvalue weighted by molar-refractivity contribution is 5.90. The first-order valence-corrected chi connectivity index (χ1v) is 8.95. The van der Waals surface area contributed by atoms with E-state index in [9.17, 15) is 22.8 Å². The number of halogens is 3. The molecule has 0 spiro atoms. The van der Waals surface area contributed by atoms with Crippen LogP contribution in [0.2, 0.25) is 0 Å². The molecule has 154 valence electrons. The molecule has 1 N–H and O–H groups in total. The van der Waals surface area contributed by atoms with Gasteiger partial charge < -0.3 is 15.0 Å². The molecule has 2 saturated heterocycles. The molecular weight excluding hydrogens is 389 g/mol. The average Bonchev–Trinajstić information content (AvgIpc) is 3.02. The number of benzene rings is 1. The summed E-state index contributed by atoms with van der Waals surface area (Å²) >= 11 is 0. The van der Waals surface area contributed by atoms with Crippen LogP contribution in [0.15, 0.2) is 29.8 Å². The van der Waals surface area contributed by atoms with Gasteiger partial charge in [0, 0.05) is 25.1 Å². The van der Waals surface area contributed by atoms with Gasteiger partial charge in [0.25, 0.3) is 5.92 Å². The minimum absolute atomic E-state index is 0.00760. The highest BCUT2D eigenvalue weighted by Crippen LogP contribution is 2.36. The first-order valence-electron chi connectivity index (χ1n) is 8.95. The summed E-state index contributed by atoms with van der Waals surface area (Å²) in [5.41, 5.74) is -0.0412. The van der Waals surface area contributed by atoms with Crippen molar-refractivity contribution in [3.63, 3.8) is 0 Å². The topological polar surface area (TPSA) is 85.7 Å². The summed E-state index contributed by atoms with van der Waals surface area (Å²) in [6.45, 7) is 1.01. The average molecular weight is 408 g/mol. The van der Waals surface area contributed by atoms with Crippen molar-refractivity contribution < 1.29 is 27.5 Å². The van der Waals surface area contributed by atoms with Gasteiger partial charge in [0.1, 0.15) is 11.9 Å². The number of piperidine rings is 1. The zero-order chi connectivity index (χ0) is 21.2. The molecule has 2 heterocycles. The molecule has 2 fully saturated rings. The van der Waals surface area contributed by atoms with E-state index in [0.29, 0.717) is 0 Å². The minimum atomic E-state index is -3.23. The molecule has 0 radical (unpaired) electrons. The maximum Gasteiger partial charge on any atom is 0.414 e. The number of ether oxygens (including phenoxy) is 1. The number of hydrogen-bond acceptors (Lipinski definition) is 5. The quantitative estimate of drug-likeness (QED) is 0.774. The summed E-state index contributed by atoms with van der Waals surface area (Å²) < 4.78 is 48.2. The number of anilines is 2. The number of alkyl halides is 2. The predicted molar refractivity (Wildman–Crippen MR) is 98.2 cm³/mol. The third kappa shape index (κ3) is 4.45. The molecule has 1 atom stereocenters. The number of cyclic esters (lactones) is 1. The Morgan fingerprint density at radius 3 is 2.86 bits per heavy atom. The number of rotatable bonds is 4. The van der Waals surface area contributed by atoms with Gasteiger partial charge in [-0.05, 0) is 24.6 Å². The fraction of sp³-hybridized carbons (Fsp3) is 0.421. The van der Waals surface area contributed by atoms with Gasteiger partial charge in [-0.1, -0.05) is 0 Å². The Morgan fingerprint density at radius 2 is 2.24 bits per heavy atom. The fourth-order valence-corrected chi connectivity index (χ4v) is 3.34. The molecule has 0 aromatic heterocycles. The Labute approximate surface area is 165 Å². The monoisotopic (exact) mass is 408 g/mol. The molecule has 2 aliphatic heterocycles. The van der Waals surface area contributed by atoms with E-state index < -0.39 is 30.5 Å². The summed E-state index contributed by atoms with van der Waals surface area (Å²) in [7, 11) is 0. The number of carbonyl (C=O) groups excluding carboxylic acids is 2. The first kappa shape index (κ1) is 20.5. The maximum atomic E-state index is 14.7. The van der Waals surface area contributed by atoms with Crippen molar-refractivity contribution in [2.24, 2.45) is 0 Å². The smallest absolute Gasteiger partial charge is 0.414 e. The Balaban J connectivity index is 1.73. The largest absolute Gasteiger partial charge is 0.442 e. The predicted octanol–water partition coefficient (Wildman–Crippen LogP) is 2.58. The molecule has 2 amide bonds. The number of carbonyl (C=O) groups is 2. The van der Waals surface area contributed by atoms with Gasteiger partial charge in [-0.3, -0.25) is 9.69 Å². The van der Waals surface area contributed by atoms with Gasteiger partial charge in [0.2, 0.25) is 5.91 Å². The van der Waals surface area contributed by atoms with Gasteiger partial charge in [-0.15, -0.1) is 0 Å².